The second kappa shape index (κ2) is 14.0. The molecule has 2 aliphatic rings. The van der Waals surface area contributed by atoms with Gasteiger partial charge in [-0.05, 0) is 81.3 Å². The predicted molar refractivity (Wildman–Crippen MR) is 209 cm³/mol. The summed E-state index contributed by atoms with van der Waals surface area (Å²) in [5, 5.41) is 7.79. The Balaban J connectivity index is 1.66. The van der Waals surface area contributed by atoms with E-state index >= 15 is 0 Å². The van der Waals surface area contributed by atoms with E-state index in [1.807, 2.05) is 52.0 Å². The van der Waals surface area contributed by atoms with E-state index in [9.17, 15) is 25.9 Å². The van der Waals surface area contributed by atoms with Crippen LogP contribution < -0.4 is 11.5 Å². The molecule has 0 heterocycles. The normalized spacial score (nSPS) is 21.0. The fourth-order valence-corrected chi connectivity index (χ4v) is 11.3. The van der Waals surface area contributed by atoms with Crippen LogP contribution in [0, 0.1) is 11.0 Å². The van der Waals surface area contributed by atoms with Crippen LogP contribution in [-0.2, 0) is 55.4 Å². The molecule has 12 nitrogen and oxygen atoms in total. The monoisotopic (exact) mass is 768 g/mol. The Labute approximate surface area is 318 Å². The number of hydrogen-bond acceptors (Lipinski definition) is 10. The zero-order chi connectivity index (χ0) is 40.8. The maximum atomic E-state index is 13.9. The molecular weight excluding hydrogens is 725 g/mol. The zero-order valence-electron chi connectivity index (χ0n) is 32.5. The second-order valence-electron chi connectivity index (χ2n) is 13.7. The van der Waals surface area contributed by atoms with E-state index in [2.05, 4.69) is 21.3 Å². The van der Waals surface area contributed by atoms with Crippen molar-refractivity contribution in [2.24, 2.45) is 21.7 Å². The number of nitrogens with zero attached hydrogens (tertiary/aromatic N) is 2. The van der Waals surface area contributed by atoms with Crippen molar-refractivity contribution in [1.29, 1.82) is 11.0 Å². The second-order valence-corrected chi connectivity index (χ2v) is 17.0. The lowest BCUT2D eigenvalue weighted by Crippen LogP contribution is -2.42. The lowest BCUT2D eigenvalue weighted by atomic mass is 9.73. The van der Waals surface area contributed by atoms with Gasteiger partial charge in [0.1, 0.15) is 0 Å². The Morgan fingerprint density at radius 3 is 1.22 bits per heavy atom. The number of rotatable bonds is 11. The molecule has 2 aliphatic carbocycles. The van der Waals surface area contributed by atoms with Gasteiger partial charge in [0.25, 0.3) is 20.2 Å². The van der Waals surface area contributed by atoms with Gasteiger partial charge in [-0.2, -0.15) is 27.1 Å². The topological polar surface area (TPSA) is 233 Å². The molecule has 2 unspecified atom stereocenters. The molecular formula is C40H44N6O6S2. The van der Waals surface area contributed by atoms with E-state index in [1.165, 1.54) is 0 Å². The van der Waals surface area contributed by atoms with Gasteiger partial charge in [-0.1, -0.05) is 100 Å². The number of nitrogens with two attached hydrogens (primary N) is 2. The molecule has 2 atom stereocenters. The molecule has 0 radical (unpaired) electrons. The summed E-state index contributed by atoms with van der Waals surface area (Å²) in [5.74, 6) is 0. The molecule has 0 aromatic heterocycles. The van der Waals surface area contributed by atoms with Gasteiger partial charge in [-0.3, -0.25) is 9.11 Å². The van der Waals surface area contributed by atoms with Crippen molar-refractivity contribution < 1.29 is 28.8 Å². The van der Waals surface area contributed by atoms with Crippen LogP contribution in [0.5, 0.6) is 0 Å². The molecule has 14 heteroatoms. The van der Waals surface area contributed by atoms with Crippen molar-refractivity contribution in [3.8, 4) is 11.1 Å². The number of hydrogen-bond donors (Lipinski definition) is 6. The molecule has 8 N–H and O–H groups in total. The van der Waals surface area contributed by atoms with E-state index in [4.69, 9.17) is 14.3 Å². The highest BCUT2D eigenvalue weighted by atomic mass is 32.2. The Hall–Kier alpha value is -5.02. The van der Waals surface area contributed by atoms with Gasteiger partial charge in [0.05, 0.1) is 22.8 Å². The van der Waals surface area contributed by atoms with E-state index in [-0.39, 0.29) is 46.8 Å². The third-order valence-corrected chi connectivity index (χ3v) is 14.0. The van der Waals surface area contributed by atoms with Crippen molar-refractivity contribution in [3.05, 3.63) is 140 Å². The molecule has 4 aromatic carbocycles. The molecule has 0 fully saturated rings. The highest BCUT2D eigenvalue weighted by Crippen LogP contribution is 2.54. The molecule has 0 bridgehead atoms. The standard InChI is InChI=1S/C40H44N6O6S2/c1-5-23-17-27(18-24(6-2)35(23)39(53(47,48)49)21-33(45-43)37(41)29-13-9-11-15-31(29)39)28-19-25(7-3)36(26(8-4)20-28)40(54(50,51)52)22-34(46-44)38(42)30-14-10-12-16-32(30)40/h9-20,43-44H,5-8,21-22,41-42H2,1-4H3,(H,47,48,49)(H,50,51,52)/b45-43+,46-44+. The average molecular weight is 769 g/mol. The molecule has 54 heavy (non-hydrogen) atoms. The summed E-state index contributed by atoms with van der Waals surface area (Å²) in [4.78, 5) is 0. The Kier molecular flexibility index (Phi) is 9.33. The van der Waals surface area contributed by atoms with Crippen molar-refractivity contribution in [2.45, 2.75) is 75.7 Å². The largest absolute Gasteiger partial charge is 0.397 e. The van der Waals surface area contributed by atoms with Crippen molar-refractivity contribution in [1.82, 2.24) is 0 Å². The molecule has 0 saturated carbocycles. The van der Waals surface area contributed by atoms with Crippen LogP contribution in [0.15, 0.2) is 94.4 Å². The number of benzene rings is 4. The minimum Gasteiger partial charge on any atom is -0.397 e. The predicted octanol–water partition coefficient (Wildman–Crippen LogP) is 7.99. The van der Waals surface area contributed by atoms with E-state index in [0.29, 0.717) is 70.2 Å². The number of nitrogens with one attached hydrogen (secondary N) is 2. The highest BCUT2D eigenvalue weighted by Gasteiger charge is 2.54. The zero-order valence-corrected chi connectivity index (χ0v) is 32.1. The first kappa shape index (κ1) is 36.0. The van der Waals surface area contributed by atoms with Crippen LogP contribution in [0.1, 0.15) is 96.2 Å². The summed E-state index contributed by atoms with van der Waals surface area (Å²) in [6, 6.07) is 20.9. The first-order valence-electron chi connectivity index (χ1n) is 18.6. The minimum atomic E-state index is -4.94. The average Bonchev–Trinajstić information content (AvgIpc) is 3.18. The molecule has 0 amide bonds. The van der Waals surface area contributed by atoms with Crippen LogP contribution in [-0.4, -0.2) is 25.9 Å². The van der Waals surface area contributed by atoms with Gasteiger partial charge in [0.2, 0.25) is 2.82 Å². The summed E-state index contributed by atoms with van der Waals surface area (Å²) in [5.41, 5.74) is 25.8. The van der Waals surface area contributed by atoms with Gasteiger partial charge in [-0.25, -0.2) is 11.0 Å². The minimum absolute atomic E-state index is 0.0567. The van der Waals surface area contributed by atoms with Gasteiger partial charge < -0.3 is 11.5 Å². The van der Waals surface area contributed by atoms with Crippen LogP contribution in [0.3, 0.4) is 0 Å². The SMILES string of the molecule is [H]/N=N/C1=C(N)c2ccccc2C(c2c(CC)cc(-c3cc(CC)c(C4(S(=O)(=O)O)CC(/N=N/[H])=C(N)c5ccccc54)c(CC)c3)cc2CC)(S(=O)(=O)O)C1. The summed E-state index contributed by atoms with van der Waals surface area (Å²) in [6.45, 7) is 7.57. The third-order valence-electron chi connectivity index (χ3n) is 11.1. The molecule has 282 valence electrons. The Morgan fingerprint density at radius 1 is 0.630 bits per heavy atom. The maximum absolute atomic E-state index is 13.9. The molecule has 0 spiro atoms. The summed E-state index contributed by atoms with van der Waals surface area (Å²) < 4.78 is 89.1. The lowest BCUT2D eigenvalue weighted by molar-refractivity contribution is 0.437. The Bertz CT molecular complexity index is 2380. The maximum Gasteiger partial charge on any atom is 0.279 e. The number of fused-ring (bicyclic) bond motifs is 2. The third kappa shape index (κ3) is 5.62. The van der Waals surface area contributed by atoms with Crippen LogP contribution in [0.4, 0.5) is 0 Å². The van der Waals surface area contributed by atoms with Crippen molar-refractivity contribution in [3.63, 3.8) is 0 Å². The molecule has 0 saturated heterocycles. The first-order chi connectivity index (χ1) is 26.6. The number of aryl methyl sites for hydroxylation is 4. The van der Waals surface area contributed by atoms with E-state index in [1.54, 1.807) is 48.5 Å². The fraction of sp³-hybridized carbons (Fsp3) is 0.300. The first-order valence-corrected chi connectivity index (χ1v) is 20.6. The van der Waals surface area contributed by atoms with Gasteiger partial charge in [-0.15, -0.1) is 0 Å². The number of allylic oxidation sites excluding steroid dienone is 2. The smallest absolute Gasteiger partial charge is 0.279 e. The van der Waals surface area contributed by atoms with E-state index < -0.39 is 29.7 Å². The van der Waals surface area contributed by atoms with Gasteiger partial charge in [0, 0.05) is 24.0 Å². The van der Waals surface area contributed by atoms with Crippen molar-refractivity contribution >= 4 is 31.6 Å². The quantitative estimate of drug-likeness (QED) is 0.0645. The fourth-order valence-electron chi connectivity index (χ4n) is 8.67. The summed E-state index contributed by atoms with van der Waals surface area (Å²) in [7, 11) is -9.88. The van der Waals surface area contributed by atoms with E-state index in [0.717, 1.165) is 11.1 Å². The summed E-state index contributed by atoms with van der Waals surface area (Å²) in [6.07, 6.45) is 0.761. The lowest BCUT2D eigenvalue weighted by Gasteiger charge is -2.40. The van der Waals surface area contributed by atoms with Crippen LogP contribution >= 0.6 is 0 Å². The highest BCUT2D eigenvalue weighted by molar-refractivity contribution is 7.87. The molecule has 4 aromatic rings. The van der Waals surface area contributed by atoms with Gasteiger partial charge in [0.15, 0.2) is 9.49 Å². The van der Waals surface area contributed by atoms with Gasteiger partial charge >= 0.3 is 0 Å². The van der Waals surface area contributed by atoms with Crippen molar-refractivity contribution in [2.75, 3.05) is 0 Å². The molecule has 6 rings (SSSR count). The molecule has 0 aliphatic heterocycles. The summed E-state index contributed by atoms with van der Waals surface area (Å²) >= 11 is 0. The Morgan fingerprint density at radius 2 is 0.944 bits per heavy atom. The van der Waals surface area contributed by atoms with Crippen LogP contribution in [0.25, 0.3) is 22.5 Å². The van der Waals surface area contributed by atoms with Crippen LogP contribution in [0.2, 0.25) is 2.82 Å².